The van der Waals surface area contributed by atoms with Gasteiger partial charge in [0.25, 0.3) is 6.33 Å². The summed E-state index contributed by atoms with van der Waals surface area (Å²) >= 11 is 0. The summed E-state index contributed by atoms with van der Waals surface area (Å²) in [5, 5.41) is 0. The molecular weight excluding hydrogens is 254 g/mol. The van der Waals surface area contributed by atoms with Gasteiger partial charge in [0.1, 0.15) is 25.5 Å². The van der Waals surface area contributed by atoms with Gasteiger partial charge < -0.3 is 9.47 Å². The summed E-state index contributed by atoms with van der Waals surface area (Å²) < 4.78 is 11.9. The van der Waals surface area contributed by atoms with E-state index in [2.05, 4.69) is 9.47 Å². The van der Waals surface area contributed by atoms with E-state index < -0.39 is 18.0 Å². The monoisotopic (exact) mass is 270 g/mol. The molecule has 8 nitrogen and oxygen atoms in total. The van der Waals surface area contributed by atoms with Crippen molar-refractivity contribution < 1.29 is 28.4 Å². The zero-order chi connectivity index (χ0) is 14.4. The highest BCUT2D eigenvalue weighted by atomic mass is 16.5. The number of hydrogen-bond donors (Lipinski definition) is 0. The number of esters is 2. The van der Waals surface area contributed by atoms with Crippen LogP contribution in [-0.2, 0) is 26.1 Å². The summed E-state index contributed by atoms with van der Waals surface area (Å²) in [5.74, 6) is -1.23. The maximum atomic E-state index is 12.1. The fraction of sp³-hybridized carbons (Fsp3) is 0.455. The van der Waals surface area contributed by atoms with Crippen molar-refractivity contribution >= 4 is 18.0 Å². The number of imidazole rings is 1. The average molecular weight is 270 g/mol. The maximum Gasteiger partial charge on any atom is 0.416 e. The Morgan fingerprint density at radius 2 is 1.68 bits per heavy atom. The lowest BCUT2D eigenvalue weighted by atomic mass is 10.5. The van der Waals surface area contributed by atoms with Crippen LogP contribution in [0.3, 0.4) is 0 Å². The quantitative estimate of drug-likeness (QED) is 0.514. The van der Waals surface area contributed by atoms with Gasteiger partial charge in [-0.1, -0.05) is 0 Å². The van der Waals surface area contributed by atoms with Crippen LogP contribution in [0.15, 0.2) is 18.7 Å². The molecule has 1 amide bonds. The first-order valence-electron chi connectivity index (χ1n) is 5.44. The molecule has 0 fully saturated rings. The molecule has 1 aromatic heterocycles. The number of methoxy groups -OCH3 is 2. The second-order valence-electron chi connectivity index (χ2n) is 3.78. The molecular formula is C11H16N3O5+. The van der Waals surface area contributed by atoms with E-state index in [9.17, 15) is 14.4 Å². The van der Waals surface area contributed by atoms with Crippen LogP contribution in [-0.4, -0.2) is 54.7 Å². The van der Waals surface area contributed by atoms with E-state index in [1.54, 1.807) is 17.8 Å². The minimum atomic E-state index is -0.617. The molecule has 8 heteroatoms. The zero-order valence-corrected chi connectivity index (χ0v) is 11.0. The minimum Gasteiger partial charge on any atom is -0.468 e. The van der Waals surface area contributed by atoms with Crippen molar-refractivity contribution in [1.82, 2.24) is 9.47 Å². The summed E-state index contributed by atoms with van der Waals surface area (Å²) in [4.78, 5) is 35.7. The lowest BCUT2D eigenvalue weighted by Gasteiger charge is -2.16. The Morgan fingerprint density at radius 1 is 1.16 bits per heavy atom. The number of nitrogens with zero attached hydrogens (tertiary/aromatic N) is 3. The molecule has 0 aliphatic heterocycles. The normalized spacial score (nSPS) is 9.84. The number of hydrogen-bond acceptors (Lipinski definition) is 5. The van der Waals surface area contributed by atoms with Gasteiger partial charge in [-0.15, -0.1) is 0 Å². The van der Waals surface area contributed by atoms with E-state index in [1.807, 2.05) is 0 Å². The third kappa shape index (κ3) is 4.09. The van der Waals surface area contributed by atoms with Crippen molar-refractivity contribution in [2.75, 3.05) is 27.3 Å². The van der Waals surface area contributed by atoms with Gasteiger partial charge in [0.05, 0.1) is 21.3 Å². The van der Waals surface area contributed by atoms with Crippen LogP contribution in [0, 0.1) is 0 Å². The van der Waals surface area contributed by atoms with E-state index in [4.69, 9.17) is 0 Å². The first-order chi connectivity index (χ1) is 8.97. The number of aryl methyl sites for hydroxylation is 1. The second-order valence-corrected chi connectivity index (χ2v) is 3.78. The maximum absolute atomic E-state index is 12.1. The Balaban J connectivity index is 2.85. The van der Waals surface area contributed by atoms with Gasteiger partial charge in [0, 0.05) is 0 Å². The Labute approximate surface area is 110 Å². The summed E-state index contributed by atoms with van der Waals surface area (Å²) in [6.45, 7) is -0.654. The summed E-state index contributed by atoms with van der Waals surface area (Å²) in [7, 11) is 4.16. The number of ether oxygens (including phenoxy) is 2. The molecule has 0 bridgehead atoms. The predicted octanol–water partition coefficient (Wildman–Crippen LogP) is -1.07. The highest BCUT2D eigenvalue weighted by Gasteiger charge is 2.26. The van der Waals surface area contributed by atoms with Crippen molar-refractivity contribution in [2.24, 2.45) is 7.05 Å². The van der Waals surface area contributed by atoms with Crippen LogP contribution in [0.2, 0.25) is 0 Å². The van der Waals surface area contributed by atoms with Crippen molar-refractivity contribution in [2.45, 2.75) is 0 Å². The highest BCUT2D eigenvalue weighted by molar-refractivity contribution is 5.86. The molecule has 0 saturated heterocycles. The van der Waals surface area contributed by atoms with Crippen LogP contribution < -0.4 is 4.57 Å². The van der Waals surface area contributed by atoms with E-state index in [0.717, 1.165) is 4.90 Å². The Hall–Kier alpha value is -2.38. The standard InChI is InChI=1S/C11H16N3O5/c1-12-4-5-13(8-12)11(17)14(6-9(15)18-2)7-10(16)19-3/h4-5,8H,6-7H2,1-3H3/q+1. The molecule has 1 rings (SSSR count). The van der Waals surface area contributed by atoms with Crippen molar-refractivity contribution in [3.63, 3.8) is 0 Å². The number of aromatic nitrogens is 2. The van der Waals surface area contributed by atoms with Crippen molar-refractivity contribution in [1.29, 1.82) is 0 Å². The summed E-state index contributed by atoms with van der Waals surface area (Å²) in [6.07, 6.45) is 4.69. The SMILES string of the molecule is COC(=O)CN(CC(=O)OC)C(=O)n1cc[n+](C)c1. The fourth-order valence-corrected chi connectivity index (χ4v) is 1.36. The van der Waals surface area contributed by atoms with E-state index in [-0.39, 0.29) is 13.1 Å². The van der Waals surface area contributed by atoms with Gasteiger partial charge in [-0.25, -0.2) is 9.36 Å². The smallest absolute Gasteiger partial charge is 0.416 e. The van der Waals surface area contributed by atoms with Gasteiger partial charge in [-0.05, 0) is 0 Å². The largest absolute Gasteiger partial charge is 0.468 e. The van der Waals surface area contributed by atoms with Gasteiger partial charge in [0.15, 0.2) is 0 Å². The van der Waals surface area contributed by atoms with Gasteiger partial charge in [0.2, 0.25) is 0 Å². The number of rotatable bonds is 4. The molecule has 0 radical (unpaired) electrons. The van der Waals surface area contributed by atoms with Gasteiger partial charge in [-0.2, -0.15) is 4.57 Å². The molecule has 104 valence electrons. The lowest BCUT2D eigenvalue weighted by molar-refractivity contribution is -0.670. The number of carbonyl (C=O) groups excluding carboxylic acids is 3. The van der Waals surface area contributed by atoms with Crippen LogP contribution in [0.5, 0.6) is 0 Å². The van der Waals surface area contributed by atoms with Gasteiger partial charge in [-0.3, -0.25) is 14.5 Å². The molecule has 1 aromatic rings. The lowest BCUT2D eigenvalue weighted by Crippen LogP contribution is -2.42. The van der Waals surface area contributed by atoms with Crippen LogP contribution in [0.4, 0.5) is 4.79 Å². The van der Waals surface area contributed by atoms with E-state index in [1.165, 1.54) is 31.3 Å². The van der Waals surface area contributed by atoms with E-state index in [0.29, 0.717) is 0 Å². The minimum absolute atomic E-state index is 0.327. The zero-order valence-electron chi connectivity index (χ0n) is 11.0. The van der Waals surface area contributed by atoms with Crippen molar-refractivity contribution in [3.05, 3.63) is 18.7 Å². The van der Waals surface area contributed by atoms with Crippen LogP contribution >= 0.6 is 0 Å². The predicted molar refractivity (Wildman–Crippen MR) is 62.0 cm³/mol. The fourth-order valence-electron chi connectivity index (χ4n) is 1.36. The molecule has 0 aromatic carbocycles. The van der Waals surface area contributed by atoms with E-state index >= 15 is 0 Å². The molecule has 0 saturated carbocycles. The Morgan fingerprint density at radius 3 is 2.05 bits per heavy atom. The Kier molecular flexibility index (Phi) is 5.04. The third-order valence-electron chi connectivity index (χ3n) is 2.36. The molecule has 0 spiro atoms. The molecule has 0 aliphatic carbocycles. The first-order valence-corrected chi connectivity index (χ1v) is 5.44. The molecule has 19 heavy (non-hydrogen) atoms. The molecule has 0 unspecified atom stereocenters. The summed E-state index contributed by atoms with van der Waals surface area (Å²) in [5.41, 5.74) is 0. The first kappa shape index (κ1) is 14.7. The number of amides is 1. The van der Waals surface area contributed by atoms with Crippen LogP contribution in [0.1, 0.15) is 0 Å². The molecule has 0 aliphatic rings. The van der Waals surface area contributed by atoms with Crippen LogP contribution in [0.25, 0.3) is 0 Å². The van der Waals surface area contributed by atoms with Crippen molar-refractivity contribution in [3.8, 4) is 0 Å². The average Bonchev–Trinajstić information content (AvgIpc) is 2.83. The highest BCUT2D eigenvalue weighted by Crippen LogP contribution is 1.98. The van der Waals surface area contributed by atoms with Gasteiger partial charge >= 0.3 is 18.0 Å². The summed E-state index contributed by atoms with van der Waals surface area (Å²) in [6, 6.07) is -0.517. The molecule has 0 atom stereocenters. The Bertz CT molecular complexity index is 464. The molecule has 0 N–H and O–H groups in total. The number of carbonyl (C=O) groups is 3. The third-order valence-corrected chi connectivity index (χ3v) is 2.36. The topological polar surface area (TPSA) is 81.7 Å². The second kappa shape index (κ2) is 6.53. The molecule has 1 heterocycles.